The molecule has 0 aliphatic carbocycles. The van der Waals surface area contributed by atoms with Crippen molar-refractivity contribution < 1.29 is 0 Å². The second-order valence-electron chi connectivity index (χ2n) is 4.49. The van der Waals surface area contributed by atoms with Gasteiger partial charge in [-0.3, -0.25) is 4.40 Å². The largest absolute Gasteiger partial charge is 0.309 e. The van der Waals surface area contributed by atoms with Crippen LogP contribution < -0.4 is 5.32 Å². The van der Waals surface area contributed by atoms with Gasteiger partial charge in [-0.1, -0.05) is 0 Å². The average Bonchev–Trinajstić information content (AvgIpc) is 2.86. The highest BCUT2D eigenvalue weighted by molar-refractivity contribution is 5.44. The molecule has 1 fully saturated rings. The van der Waals surface area contributed by atoms with Gasteiger partial charge in [0.15, 0.2) is 0 Å². The van der Waals surface area contributed by atoms with Gasteiger partial charge in [0.05, 0.1) is 11.7 Å². The van der Waals surface area contributed by atoms with Crippen molar-refractivity contribution in [1.82, 2.24) is 19.7 Å². The van der Waals surface area contributed by atoms with Crippen LogP contribution >= 0.6 is 0 Å². The summed E-state index contributed by atoms with van der Waals surface area (Å²) in [4.78, 5) is 9.03. The first kappa shape index (κ1) is 9.78. The maximum absolute atomic E-state index is 4.72. The van der Waals surface area contributed by atoms with Crippen molar-refractivity contribution in [2.75, 3.05) is 6.54 Å². The van der Waals surface area contributed by atoms with Crippen LogP contribution in [0.2, 0.25) is 0 Å². The summed E-state index contributed by atoms with van der Waals surface area (Å²) in [7, 11) is 0. The first-order valence-corrected chi connectivity index (χ1v) is 5.80. The maximum atomic E-state index is 4.72. The van der Waals surface area contributed by atoms with Gasteiger partial charge in [0.25, 0.3) is 0 Å². The highest BCUT2D eigenvalue weighted by Crippen LogP contribution is 2.25. The number of aromatic nitrogens is 3. The lowest BCUT2D eigenvalue weighted by Crippen LogP contribution is -2.14. The third-order valence-corrected chi connectivity index (χ3v) is 3.32. The zero-order chi connectivity index (χ0) is 11.1. The number of fused-ring (bicyclic) bond motifs is 1. The highest BCUT2D eigenvalue weighted by Gasteiger charge is 2.21. The van der Waals surface area contributed by atoms with E-state index < -0.39 is 0 Å². The topological polar surface area (TPSA) is 42.2 Å². The van der Waals surface area contributed by atoms with Crippen molar-refractivity contribution in [3.8, 4) is 0 Å². The van der Waals surface area contributed by atoms with Gasteiger partial charge in [0.1, 0.15) is 12.0 Å². The van der Waals surface area contributed by atoms with Crippen LogP contribution in [0, 0.1) is 13.8 Å². The molecule has 1 aliphatic rings. The van der Waals surface area contributed by atoms with E-state index in [9.17, 15) is 0 Å². The Hall–Kier alpha value is -1.42. The predicted octanol–water partition coefficient (Wildman–Crippen LogP) is 1.77. The molecule has 1 saturated heterocycles. The number of imidazole rings is 1. The smallest absolute Gasteiger partial charge is 0.140 e. The Morgan fingerprint density at radius 2 is 2.31 bits per heavy atom. The molecular weight excluding hydrogens is 200 g/mol. The molecule has 4 nitrogen and oxygen atoms in total. The van der Waals surface area contributed by atoms with Crippen molar-refractivity contribution in [3.05, 3.63) is 29.5 Å². The lowest BCUT2D eigenvalue weighted by molar-refractivity contribution is 0.627. The van der Waals surface area contributed by atoms with Crippen LogP contribution in [0.25, 0.3) is 5.65 Å². The SMILES string of the molecule is Cc1cc2nc(C3CCCN3)c(C)n2cn1. The summed E-state index contributed by atoms with van der Waals surface area (Å²) in [5.41, 5.74) is 4.42. The van der Waals surface area contributed by atoms with Gasteiger partial charge < -0.3 is 5.32 Å². The van der Waals surface area contributed by atoms with Crippen LogP contribution in [0.1, 0.15) is 36.0 Å². The number of nitrogens with one attached hydrogen (secondary N) is 1. The Kier molecular flexibility index (Phi) is 2.17. The predicted molar refractivity (Wildman–Crippen MR) is 62.4 cm³/mol. The Morgan fingerprint density at radius 1 is 1.44 bits per heavy atom. The lowest BCUT2D eigenvalue weighted by atomic mass is 10.1. The van der Waals surface area contributed by atoms with Gasteiger partial charge in [0, 0.05) is 17.5 Å². The zero-order valence-corrected chi connectivity index (χ0v) is 9.70. The number of aryl methyl sites for hydroxylation is 2. The highest BCUT2D eigenvalue weighted by atomic mass is 15.1. The molecule has 1 atom stereocenters. The summed E-state index contributed by atoms with van der Waals surface area (Å²) < 4.78 is 2.07. The molecule has 84 valence electrons. The minimum absolute atomic E-state index is 0.431. The van der Waals surface area contributed by atoms with Crippen LogP contribution in [0.4, 0.5) is 0 Å². The molecule has 0 spiro atoms. The molecule has 1 aliphatic heterocycles. The van der Waals surface area contributed by atoms with Crippen molar-refractivity contribution in [3.63, 3.8) is 0 Å². The first-order valence-electron chi connectivity index (χ1n) is 5.80. The number of hydrogen-bond acceptors (Lipinski definition) is 3. The minimum atomic E-state index is 0.431. The van der Waals surface area contributed by atoms with Gasteiger partial charge in [0.2, 0.25) is 0 Å². The molecule has 0 amide bonds. The molecular formula is C12H16N4. The van der Waals surface area contributed by atoms with E-state index in [2.05, 4.69) is 21.6 Å². The molecule has 0 radical (unpaired) electrons. The van der Waals surface area contributed by atoms with E-state index >= 15 is 0 Å². The fourth-order valence-electron chi connectivity index (χ4n) is 2.42. The molecule has 4 heteroatoms. The van der Waals surface area contributed by atoms with Crippen molar-refractivity contribution in [2.24, 2.45) is 0 Å². The molecule has 1 N–H and O–H groups in total. The van der Waals surface area contributed by atoms with Crippen LogP contribution in [-0.2, 0) is 0 Å². The van der Waals surface area contributed by atoms with E-state index in [0.29, 0.717) is 6.04 Å². The van der Waals surface area contributed by atoms with Crippen LogP contribution in [0.3, 0.4) is 0 Å². The summed E-state index contributed by atoms with van der Waals surface area (Å²) in [6.45, 7) is 5.22. The fourth-order valence-corrected chi connectivity index (χ4v) is 2.42. The number of rotatable bonds is 1. The van der Waals surface area contributed by atoms with Gasteiger partial charge in [-0.05, 0) is 33.2 Å². The number of nitrogens with zero attached hydrogens (tertiary/aromatic N) is 3. The average molecular weight is 216 g/mol. The summed E-state index contributed by atoms with van der Waals surface area (Å²) in [5, 5.41) is 3.49. The molecule has 1 unspecified atom stereocenters. The van der Waals surface area contributed by atoms with Crippen LogP contribution in [0.5, 0.6) is 0 Å². The minimum Gasteiger partial charge on any atom is -0.309 e. The zero-order valence-electron chi connectivity index (χ0n) is 9.70. The third kappa shape index (κ3) is 1.41. The molecule has 16 heavy (non-hydrogen) atoms. The Bertz CT molecular complexity index is 523. The van der Waals surface area contributed by atoms with Gasteiger partial charge in [-0.25, -0.2) is 9.97 Å². The molecule has 0 bridgehead atoms. The van der Waals surface area contributed by atoms with Gasteiger partial charge in [-0.15, -0.1) is 0 Å². The molecule has 0 aromatic carbocycles. The lowest BCUT2D eigenvalue weighted by Gasteiger charge is -2.07. The van der Waals surface area contributed by atoms with Crippen molar-refractivity contribution >= 4 is 5.65 Å². The third-order valence-electron chi connectivity index (χ3n) is 3.32. The van der Waals surface area contributed by atoms with Crippen LogP contribution in [-0.4, -0.2) is 20.9 Å². The molecule has 3 heterocycles. The summed E-state index contributed by atoms with van der Waals surface area (Å²) >= 11 is 0. The van der Waals surface area contributed by atoms with E-state index in [1.54, 1.807) is 0 Å². The monoisotopic (exact) mass is 216 g/mol. The Morgan fingerprint density at radius 3 is 3.06 bits per heavy atom. The first-order chi connectivity index (χ1) is 7.75. The Labute approximate surface area is 94.7 Å². The molecule has 2 aromatic heterocycles. The second-order valence-corrected chi connectivity index (χ2v) is 4.49. The van der Waals surface area contributed by atoms with Gasteiger partial charge >= 0.3 is 0 Å². The van der Waals surface area contributed by atoms with Crippen molar-refractivity contribution in [2.45, 2.75) is 32.7 Å². The van der Waals surface area contributed by atoms with E-state index in [1.165, 1.54) is 24.2 Å². The normalized spacial score (nSPS) is 20.8. The van der Waals surface area contributed by atoms with E-state index in [1.807, 2.05) is 19.3 Å². The fraction of sp³-hybridized carbons (Fsp3) is 0.500. The molecule has 3 rings (SSSR count). The van der Waals surface area contributed by atoms with Crippen LogP contribution in [0.15, 0.2) is 12.4 Å². The van der Waals surface area contributed by atoms with E-state index in [4.69, 9.17) is 4.98 Å². The second kappa shape index (κ2) is 3.56. The quantitative estimate of drug-likeness (QED) is 0.790. The summed E-state index contributed by atoms with van der Waals surface area (Å²) in [6, 6.07) is 2.46. The van der Waals surface area contributed by atoms with E-state index in [-0.39, 0.29) is 0 Å². The standard InChI is InChI=1S/C12H16N4/c1-8-6-11-15-12(10-4-3-5-13-10)9(2)16(11)7-14-8/h6-7,10,13H,3-5H2,1-2H3. The summed E-state index contributed by atoms with van der Waals surface area (Å²) in [5.74, 6) is 0. The summed E-state index contributed by atoms with van der Waals surface area (Å²) in [6.07, 6.45) is 4.30. The molecule has 0 saturated carbocycles. The van der Waals surface area contributed by atoms with Crippen molar-refractivity contribution in [1.29, 1.82) is 0 Å². The molecule has 2 aromatic rings. The van der Waals surface area contributed by atoms with E-state index in [0.717, 1.165) is 17.9 Å². The maximum Gasteiger partial charge on any atom is 0.140 e. The Balaban J connectivity index is 2.14. The van der Waals surface area contributed by atoms with Gasteiger partial charge in [-0.2, -0.15) is 0 Å². The number of hydrogen-bond donors (Lipinski definition) is 1.